The van der Waals surface area contributed by atoms with Crippen LogP contribution in [0.15, 0.2) is 159 Å². The number of rotatable bonds is 18. The molecule has 2 aromatic heterocycles. The van der Waals surface area contributed by atoms with E-state index in [9.17, 15) is 88.0 Å². The normalized spacial score (nSPS) is 12.7. The molecule has 0 saturated heterocycles. The minimum absolute atomic E-state index is 0.226. The Morgan fingerprint density at radius 2 is 0.674 bits per heavy atom. The molecule has 0 spiro atoms. The van der Waals surface area contributed by atoms with Crippen molar-refractivity contribution in [2.24, 2.45) is 20.5 Å². The number of aromatic nitrogens is 6. The van der Waals surface area contributed by atoms with Crippen molar-refractivity contribution in [2.75, 3.05) is 21.3 Å². The van der Waals surface area contributed by atoms with Crippen molar-refractivity contribution in [3.63, 3.8) is 0 Å². The van der Waals surface area contributed by atoms with E-state index in [1.54, 1.807) is 0 Å². The Bertz CT molecular complexity index is 4820. The summed E-state index contributed by atoms with van der Waals surface area (Å²) in [6.07, 6.45) is 0. The van der Waals surface area contributed by atoms with E-state index in [1.165, 1.54) is 48.5 Å². The third-order valence-corrected chi connectivity index (χ3v) is 16.8. The molecule has 7 aromatic carbocycles. The highest BCUT2D eigenvalue weighted by Gasteiger charge is 2.29. The SMILES string of the molecule is O=S(=O)(O)c1cc(Nc2nc(Cl)nc(Nc3ccc(Nc4nc(Cl)nc(Nc5cc(S(=O)(=O)O)cc6cc(S(=O)(=O)O)c(/N=N/c7ccccc7S(=O)(=O)O)c(O)c56)n4)cc3)n2)c2c(O)c(/N=N/c3ccccc3S(=O)(=O)O)c(S(=O)(=O)O)cc2c1. The minimum Gasteiger partial charge on any atom is -0.505 e. The summed E-state index contributed by atoms with van der Waals surface area (Å²) in [6, 6.07) is 18.8. The van der Waals surface area contributed by atoms with Crippen molar-refractivity contribution >= 4 is 175 Å². The third kappa shape index (κ3) is 13.8. The molecule has 0 aliphatic heterocycles. The molecule has 0 atom stereocenters. The second-order valence-electron chi connectivity index (χ2n) is 17.0. The molecular formula is C44H30Cl2N14O20S6. The van der Waals surface area contributed by atoms with Crippen molar-refractivity contribution in [3.05, 3.63) is 120 Å². The molecule has 0 saturated carbocycles. The average molecular weight is 1340 g/mol. The summed E-state index contributed by atoms with van der Waals surface area (Å²) in [6.45, 7) is 0. The van der Waals surface area contributed by atoms with Gasteiger partial charge < -0.3 is 31.5 Å². The smallest absolute Gasteiger partial charge is 0.296 e. The zero-order valence-corrected chi connectivity index (χ0v) is 48.0. The number of hydrogen-bond donors (Lipinski definition) is 12. The highest BCUT2D eigenvalue weighted by atomic mass is 35.5. The Labute approximate surface area is 492 Å². The fourth-order valence-electron chi connectivity index (χ4n) is 7.78. The molecule has 0 radical (unpaired) electrons. The lowest BCUT2D eigenvalue weighted by molar-refractivity contribution is 0.471. The Morgan fingerprint density at radius 1 is 0.360 bits per heavy atom. The summed E-state index contributed by atoms with van der Waals surface area (Å²) in [4.78, 5) is 18.5. The van der Waals surface area contributed by atoms with Gasteiger partial charge in [-0.15, -0.1) is 20.5 Å². The van der Waals surface area contributed by atoms with Gasteiger partial charge in [0.1, 0.15) is 42.3 Å². The molecule has 9 rings (SSSR count). The zero-order chi connectivity index (χ0) is 62.6. The standard InChI is InChI=1S/C44H30Cl2N14O20S6/c45-39-51-41(55-43(53-39)49-27-17-23(81(63,64)65)13-19-15-31(85(75,76)77)35(37(61)33(19)27)59-57-25-5-1-3-7-29(25)83(69,70)71)47-21-9-11-22(12-10-21)48-42-52-40(46)54-44(56-42)50-28-18-24(82(66,67)68)14-20-16-32(86(78,79)80)36(38(62)34(20)28)60-58-26-6-2-4-8-30(26)84(72,73)74/h1-18,61-62H,(H,63,64,65)(H,66,67,68)(H,69,70,71)(H,72,73,74)(H,75,76,77)(H,78,79,80)(H2,47,49,51,53,55)(H2,48,50,52,54,56)/b59-57+,60-58+. The molecule has 2 heterocycles. The first kappa shape index (κ1) is 61.7. The number of phenolic OH excluding ortho intramolecular Hbond substituents is 2. The largest absolute Gasteiger partial charge is 0.505 e. The number of hydrogen-bond acceptors (Lipinski definition) is 28. The second-order valence-corrected chi connectivity index (χ2v) is 26.1. The van der Waals surface area contributed by atoms with Crippen LogP contribution in [0, 0.1) is 0 Å². The molecule has 9 aromatic rings. The predicted octanol–water partition coefficient (Wildman–Crippen LogP) is 8.37. The van der Waals surface area contributed by atoms with Crippen LogP contribution in [0.4, 0.5) is 69.3 Å². The molecule has 0 aliphatic rings. The third-order valence-electron chi connectivity index (χ3n) is 11.3. The fourth-order valence-corrected chi connectivity index (χ4v) is 11.8. The maximum absolute atomic E-state index is 12.6. The molecule has 12 N–H and O–H groups in total. The van der Waals surface area contributed by atoms with E-state index in [0.29, 0.717) is 24.3 Å². The van der Waals surface area contributed by atoms with E-state index in [2.05, 4.69) is 71.6 Å². The van der Waals surface area contributed by atoms with Crippen molar-refractivity contribution in [1.82, 2.24) is 29.9 Å². The van der Waals surface area contributed by atoms with Gasteiger partial charge in [0.25, 0.3) is 60.7 Å². The maximum Gasteiger partial charge on any atom is 0.296 e. The van der Waals surface area contributed by atoms with Crippen LogP contribution in [0.5, 0.6) is 11.5 Å². The molecule has 34 nitrogen and oxygen atoms in total. The lowest BCUT2D eigenvalue weighted by Gasteiger charge is -2.15. The summed E-state index contributed by atoms with van der Waals surface area (Å²) in [5.41, 5.74) is -3.70. The zero-order valence-electron chi connectivity index (χ0n) is 41.5. The van der Waals surface area contributed by atoms with Crippen molar-refractivity contribution in [1.29, 1.82) is 0 Å². The fraction of sp³-hybridized carbons (Fsp3) is 0. The van der Waals surface area contributed by atoms with Crippen LogP contribution in [-0.4, -0.2) is 118 Å². The molecule has 86 heavy (non-hydrogen) atoms. The number of anilines is 8. The van der Waals surface area contributed by atoms with E-state index in [1.807, 2.05) is 0 Å². The highest BCUT2D eigenvalue weighted by molar-refractivity contribution is 7.87. The molecule has 42 heteroatoms. The predicted molar refractivity (Wildman–Crippen MR) is 301 cm³/mol. The molecule has 446 valence electrons. The van der Waals surface area contributed by atoms with Crippen LogP contribution in [0.25, 0.3) is 21.5 Å². The van der Waals surface area contributed by atoms with Gasteiger partial charge in [-0.1, -0.05) is 24.3 Å². The minimum atomic E-state index is -5.37. The highest BCUT2D eigenvalue weighted by Crippen LogP contribution is 2.48. The topological polar surface area (TPSA) is 542 Å². The van der Waals surface area contributed by atoms with Gasteiger partial charge in [-0.25, -0.2) is 0 Å². The quantitative estimate of drug-likeness (QED) is 0.0283. The van der Waals surface area contributed by atoms with Gasteiger partial charge in [-0.3, -0.25) is 27.3 Å². The lowest BCUT2D eigenvalue weighted by Crippen LogP contribution is -2.07. The Kier molecular flexibility index (Phi) is 16.4. The van der Waals surface area contributed by atoms with Crippen LogP contribution >= 0.6 is 23.2 Å². The number of aromatic hydroxyl groups is 2. The van der Waals surface area contributed by atoms with E-state index in [-0.39, 0.29) is 23.3 Å². The van der Waals surface area contributed by atoms with Gasteiger partial charge in [0.05, 0.1) is 21.2 Å². The van der Waals surface area contributed by atoms with Crippen molar-refractivity contribution < 1.29 is 88.0 Å². The molecule has 0 aliphatic carbocycles. The first-order chi connectivity index (χ1) is 40.0. The van der Waals surface area contributed by atoms with E-state index in [4.69, 9.17) is 23.2 Å². The summed E-state index contributed by atoms with van der Waals surface area (Å²) in [5.74, 6) is -3.88. The van der Waals surface area contributed by atoms with Crippen LogP contribution in [0.1, 0.15) is 0 Å². The van der Waals surface area contributed by atoms with Gasteiger partial charge in [-0.2, -0.15) is 80.4 Å². The van der Waals surface area contributed by atoms with Gasteiger partial charge in [0.15, 0.2) is 11.5 Å². The number of phenols is 2. The van der Waals surface area contributed by atoms with E-state index < -0.39 is 180 Å². The number of halogens is 2. The van der Waals surface area contributed by atoms with Crippen molar-refractivity contribution in [3.8, 4) is 11.5 Å². The van der Waals surface area contributed by atoms with Crippen LogP contribution in [-0.2, 0) is 60.7 Å². The molecule has 0 unspecified atom stereocenters. The number of fused-ring (bicyclic) bond motifs is 2. The molecule has 0 fully saturated rings. The summed E-state index contributed by atoms with van der Waals surface area (Å²) < 4.78 is 208. The molecule has 0 amide bonds. The number of benzene rings is 7. The average Bonchev–Trinajstić information content (AvgIpc) is 0.856. The second kappa shape index (κ2) is 22.8. The lowest BCUT2D eigenvalue weighted by atomic mass is 10.1. The van der Waals surface area contributed by atoms with Crippen LogP contribution in [0.3, 0.4) is 0 Å². The Balaban J connectivity index is 1.01. The summed E-state index contributed by atoms with van der Waals surface area (Å²) in [5, 5.41) is 45.7. The number of azo groups is 2. The van der Waals surface area contributed by atoms with Gasteiger partial charge in [0.2, 0.25) is 34.4 Å². The Morgan fingerprint density at radius 3 is 0.988 bits per heavy atom. The Hall–Kier alpha value is -8.88. The summed E-state index contributed by atoms with van der Waals surface area (Å²) in [7, 11) is -30.9. The van der Waals surface area contributed by atoms with E-state index >= 15 is 0 Å². The molecular weight excluding hydrogens is 1310 g/mol. The van der Waals surface area contributed by atoms with Gasteiger partial charge >= 0.3 is 0 Å². The first-order valence-electron chi connectivity index (χ1n) is 22.6. The number of nitrogens with one attached hydrogen (secondary N) is 4. The monoisotopic (exact) mass is 1340 g/mol. The maximum atomic E-state index is 12.6. The first-order valence-corrected chi connectivity index (χ1v) is 32.0. The molecule has 0 bridgehead atoms. The number of nitrogens with zero attached hydrogens (tertiary/aromatic N) is 10. The van der Waals surface area contributed by atoms with Crippen LogP contribution < -0.4 is 21.3 Å². The van der Waals surface area contributed by atoms with Crippen LogP contribution in [0.2, 0.25) is 10.6 Å². The van der Waals surface area contributed by atoms with Gasteiger partial charge in [-0.05, 0) is 119 Å². The summed E-state index contributed by atoms with van der Waals surface area (Å²) >= 11 is 12.5. The van der Waals surface area contributed by atoms with Gasteiger partial charge in [0, 0.05) is 22.1 Å². The van der Waals surface area contributed by atoms with Crippen molar-refractivity contribution in [2.45, 2.75) is 29.4 Å². The van der Waals surface area contributed by atoms with E-state index in [0.717, 1.165) is 36.4 Å².